The molecule has 0 atom stereocenters. The molecule has 11 heavy (non-hydrogen) atoms. The molecule has 0 aliphatic rings. The van der Waals surface area contributed by atoms with Gasteiger partial charge in [0.25, 0.3) is 0 Å². The van der Waals surface area contributed by atoms with Crippen LogP contribution in [0.1, 0.15) is 13.8 Å². The van der Waals surface area contributed by atoms with E-state index in [1.807, 2.05) is 0 Å². The second-order valence-corrected chi connectivity index (χ2v) is 2.49. The van der Waals surface area contributed by atoms with Crippen molar-refractivity contribution in [2.24, 2.45) is 0 Å². The molecule has 0 bridgehead atoms. The highest BCUT2D eigenvalue weighted by atomic mass is 16.6. The fraction of sp³-hybridized carbons (Fsp3) is 0.625. The van der Waals surface area contributed by atoms with E-state index in [1.165, 1.54) is 7.11 Å². The number of ether oxygens (including phenoxy) is 2. The molecule has 0 fully saturated rings. The SMILES string of the molecule is C#CCOC(=O)C(C)(C)OC. The van der Waals surface area contributed by atoms with Gasteiger partial charge in [-0.05, 0) is 13.8 Å². The maximum Gasteiger partial charge on any atom is 0.338 e. The summed E-state index contributed by atoms with van der Waals surface area (Å²) in [6.07, 6.45) is 4.89. The molecule has 3 nitrogen and oxygen atoms in total. The summed E-state index contributed by atoms with van der Waals surface area (Å²) in [5.41, 5.74) is -0.906. The minimum atomic E-state index is -0.906. The maximum atomic E-state index is 11.0. The van der Waals surface area contributed by atoms with Crippen molar-refractivity contribution in [3.05, 3.63) is 0 Å². The predicted octanol–water partition coefficient (Wildman–Crippen LogP) is 0.588. The minimum absolute atomic E-state index is 0.00831. The Morgan fingerprint density at radius 3 is 2.55 bits per heavy atom. The number of hydrogen-bond donors (Lipinski definition) is 0. The Hall–Kier alpha value is -1.01. The lowest BCUT2D eigenvalue weighted by Gasteiger charge is -2.19. The zero-order valence-corrected chi connectivity index (χ0v) is 7.01. The van der Waals surface area contributed by atoms with Gasteiger partial charge in [-0.3, -0.25) is 0 Å². The molecule has 0 saturated heterocycles. The first-order valence-corrected chi connectivity index (χ1v) is 3.20. The summed E-state index contributed by atoms with van der Waals surface area (Å²) < 4.78 is 9.50. The largest absolute Gasteiger partial charge is 0.450 e. The van der Waals surface area contributed by atoms with Gasteiger partial charge in [-0.1, -0.05) is 5.92 Å². The normalized spacial score (nSPS) is 10.4. The molecule has 0 unspecified atom stereocenters. The molecule has 0 saturated carbocycles. The quantitative estimate of drug-likeness (QED) is 0.443. The summed E-state index contributed by atoms with van der Waals surface area (Å²) in [7, 11) is 1.44. The van der Waals surface area contributed by atoms with Gasteiger partial charge < -0.3 is 9.47 Å². The monoisotopic (exact) mass is 156 g/mol. The molecular formula is C8H12O3. The average molecular weight is 156 g/mol. The summed E-state index contributed by atoms with van der Waals surface area (Å²) in [4.78, 5) is 11.0. The van der Waals surface area contributed by atoms with Crippen molar-refractivity contribution in [1.29, 1.82) is 0 Å². The lowest BCUT2D eigenvalue weighted by atomic mass is 10.1. The summed E-state index contributed by atoms with van der Waals surface area (Å²) >= 11 is 0. The van der Waals surface area contributed by atoms with Gasteiger partial charge >= 0.3 is 5.97 Å². The highest BCUT2D eigenvalue weighted by Gasteiger charge is 2.28. The molecule has 0 aromatic rings. The topological polar surface area (TPSA) is 35.5 Å². The fourth-order valence-corrected chi connectivity index (χ4v) is 0.364. The van der Waals surface area contributed by atoms with E-state index < -0.39 is 11.6 Å². The first kappa shape index (κ1) is 9.99. The van der Waals surface area contributed by atoms with Crippen molar-refractivity contribution in [2.75, 3.05) is 13.7 Å². The van der Waals surface area contributed by atoms with E-state index in [1.54, 1.807) is 13.8 Å². The van der Waals surface area contributed by atoms with Gasteiger partial charge in [0.15, 0.2) is 12.2 Å². The standard InChI is InChI=1S/C8H12O3/c1-5-6-11-7(9)8(2,3)10-4/h1H,6H2,2-4H3. The second-order valence-electron chi connectivity index (χ2n) is 2.49. The third-order valence-electron chi connectivity index (χ3n) is 1.29. The summed E-state index contributed by atoms with van der Waals surface area (Å²) in [5, 5.41) is 0. The van der Waals surface area contributed by atoms with Crippen molar-refractivity contribution in [1.82, 2.24) is 0 Å². The number of carbonyl (C=O) groups is 1. The van der Waals surface area contributed by atoms with Crippen LogP contribution in [0.2, 0.25) is 0 Å². The molecule has 0 aliphatic heterocycles. The molecule has 3 heteroatoms. The molecule has 0 aromatic carbocycles. The Morgan fingerprint density at radius 1 is 1.64 bits per heavy atom. The van der Waals surface area contributed by atoms with E-state index in [2.05, 4.69) is 10.7 Å². The zero-order chi connectivity index (χ0) is 8.91. The van der Waals surface area contributed by atoms with E-state index in [0.717, 1.165) is 0 Å². The Balaban J connectivity index is 3.94. The van der Waals surface area contributed by atoms with E-state index in [9.17, 15) is 4.79 Å². The fourth-order valence-electron chi connectivity index (χ4n) is 0.364. The molecule has 0 rings (SSSR count). The number of hydrogen-bond acceptors (Lipinski definition) is 3. The lowest BCUT2D eigenvalue weighted by molar-refractivity contribution is -0.163. The smallest absolute Gasteiger partial charge is 0.338 e. The molecule has 0 N–H and O–H groups in total. The molecule has 0 radical (unpaired) electrons. The highest BCUT2D eigenvalue weighted by molar-refractivity contribution is 5.78. The Morgan fingerprint density at radius 2 is 2.18 bits per heavy atom. The molecule has 62 valence electrons. The first-order chi connectivity index (χ1) is 5.04. The number of carbonyl (C=O) groups excluding carboxylic acids is 1. The summed E-state index contributed by atoms with van der Waals surface area (Å²) in [6, 6.07) is 0. The van der Waals surface area contributed by atoms with Crippen LogP contribution in [0.3, 0.4) is 0 Å². The van der Waals surface area contributed by atoms with Crippen LogP contribution in [0.15, 0.2) is 0 Å². The van der Waals surface area contributed by atoms with Crippen molar-refractivity contribution >= 4 is 5.97 Å². The van der Waals surface area contributed by atoms with Crippen LogP contribution >= 0.6 is 0 Å². The Labute approximate surface area is 66.7 Å². The molecule has 0 spiro atoms. The molecule has 0 aliphatic carbocycles. The Bertz CT molecular complexity index is 176. The Kier molecular flexibility index (Phi) is 3.63. The maximum absolute atomic E-state index is 11.0. The van der Waals surface area contributed by atoms with Crippen LogP contribution in [0.5, 0.6) is 0 Å². The third kappa shape index (κ3) is 3.06. The van der Waals surface area contributed by atoms with Gasteiger partial charge in [0, 0.05) is 7.11 Å². The van der Waals surface area contributed by atoms with Crippen molar-refractivity contribution in [2.45, 2.75) is 19.4 Å². The molecule has 0 heterocycles. The minimum Gasteiger partial charge on any atom is -0.450 e. The van der Waals surface area contributed by atoms with Gasteiger partial charge in [-0.2, -0.15) is 0 Å². The van der Waals surface area contributed by atoms with E-state index in [-0.39, 0.29) is 6.61 Å². The van der Waals surface area contributed by atoms with E-state index in [0.29, 0.717) is 0 Å². The van der Waals surface area contributed by atoms with Crippen molar-refractivity contribution in [3.63, 3.8) is 0 Å². The van der Waals surface area contributed by atoms with Crippen LogP contribution in [0.4, 0.5) is 0 Å². The van der Waals surface area contributed by atoms with Crippen molar-refractivity contribution in [3.8, 4) is 12.3 Å². The van der Waals surface area contributed by atoms with Crippen LogP contribution in [-0.4, -0.2) is 25.3 Å². The first-order valence-electron chi connectivity index (χ1n) is 3.20. The van der Waals surface area contributed by atoms with Crippen molar-refractivity contribution < 1.29 is 14.3 Å². The van der Waals surface area contributed by atoms with E-state index >= 15 is 0 Å². The zero-order valence-electron chi connectivity index (χ0n) is 7.01. The third-order valence-corrected chi connectivity index (χ3v) is 1.29. The number of esters is 1. The van der Waals surface area contributed by atoms with Gasteiger partial charge in [0.05, 0.1) is 0 Å². The number of methoxy groups -OCH3 is 1. The van der Waals surface area contributed by atoms with Gasteiger partial charge in [0.1, 0.15) is 0 Å². The number of terminal acetylenes is 1. The van der Waals surface area contributed by atoms with Gasteiger partial charge in [-0.25, -0.2) is 4.79 Å². The average Bonchev–Trinajstić information content (AvgIpc) is 2.00. The van der Waals surface area contributed by atoms with Crippen LogP contribution in [0, 0.1) is 12.3 Å². The summed E-state index contributed by atoms with van der Waals surface area (Å²) in [5.74, 6) is 1.75. The summed E-state index contributed by atoms with van der Waals surface area (Å²) in [6.45, 7) is 3.23. The van der Waals surface area contributed by atoms with Crippen LogP contribution in [0.25, 0.3) is 0 Å². The number of rotatable bonds is 3. The van der Waals surface area contributed by atoms with Gasteiger partial charge in [0.2, 0.25) is 0 Å². The van der Waals surface area contributed by atoms with Gasteiger partial charge in [-0.15, -0.1) is 6.42 Å². The predicted molar refractivity (Wildman–Crippen MR) is 40.9 cm³/mol. The van der Waals surface area contributed by atoms with E-state index in [4.69, 9.17) is 11.2 Å². The lowest BCUT2D eigenvalue weighted by Crippen LogP contribution is -2.35. The molecule has 0 aromatic heterocycles. The van der Waals surface area contributed by atoms with Crippen LogP contribution < -0.4 is 0 Å². The second kappa shape index (κ2) is 3.99. The molecular weight excluding hydrogens is 144 g/mol. The van der Waals surface area contributed by atoms with Crippen LogP contribution in [-0.2, 0) is 14.3 Å². The molecule has 0 amide bonds. The highest BCUT2D eigenvalue weighted by Crippen LogP contribution is 2.08.